The Morgan fingerprint density at radius 1 is 1.67 bits per heavy atom. The van der Waals surface area contributed by atoms with Crippen LogP contribution >= 0.6 is 27.3 Å². The summed E-state index contributed by atoms with van der Waals surface area (Å²) in [4.78, 5) is 1.31. The van der Waals surface area contributed by atoms with Crippen molar-refractivity contribution in [2.24, 2.45) is 0 Å². The second-order valence-corrected chi connectivity index (χ2v) is 7.63. The summed E-state index contributed by atoms with van der Waals surface area (Å²) < 4.78 is 12.2. The quantitative estimate of drug-likeness (QED) is 0.906. The van der Waals surface area contributed by atoms with Crippen molar-refractivity contribution in [3.63, 3.8) is 0 Å². The van der Waals surface area contributed by atoms with Gasteiger partial charge in [0.25, 0.3) is 0 Å². The Hall–Kier alpha value is 0.290. The fraction of sp³-hybridized carbons (Fsp3) is 0.600. The summed E-state index contributed by atoms with van der Waals surface area (Å²) in [6, 6.07) is 2.48. The molecule has 86 valence electrons. The molecule has 0 fully saturated rings. The summed E-state index contributed by atoms with van der Waals surface area (Å²) in [5.74, 6) is 0.714. The Balaban J connectivity index is 2.40. The van der Waals surface area contributed by atoms with Crippen LogP contribution in [0.25, 0.3) is 0 Å². The first-order chi connectivity index (χ1) is 6.99. The van der Waals surface area contributed by atoms with Crippen molar-refractivity contribution < 1.29 is 4.21 Å². The molecule has 2 unspecified atom stereocenters. The highest BCUT2D eigenvalue weighted by Crippen LogP contribution is 2.27. The predicted molar refractivity (Wildman–Crippen MR) is 72.0 cm³/mol. The first-order valence-corrected chi connectivity index (χ1v) is 8.11. The van der Waals surface area contributed by atoms with Crippen LogP contribution in [0.2, 0.25) is 0 Å². The highest BCUT2D eigenvalue weighted by molar-refractivity contribution is 9.11. The molecular weight excluding hydrogens is 294 g/mol. The lowest BCUT2D eigenvalue weighted by Crippen LogP contribution is -2.30. The van der Waals surface area contributed by atoms with E-state index in [1.807, 2.05) is 0 Å². The molecule has 0 aliphatic carbocycles. The predicted octanol–water partition coefficient (Wildman–Crippen LogP) is 2.68. The van der Waals surface area contributed by atoms with Crippen molar-refractivity contribution in [2.45, 2.75) is 26.4 Å². The number of hydrogen-bond donors (Lipinski definition) is 1. The van der Waals surface area contributed by atoms with Gasteiger partial charge in [0.05, 0.1) is 3.79 Å². The molecule has 1 heterocycles. The van der Waals surface area contributed by atoms with Crippen molar-refractivity contribution in [2.75, 3.05) is 12.0 Å². The number of rotatable bonds is 5. The Kier molecular flexibility index (Phi) is 5.46. The number of nitrogens with one attached hydrogen (secondary N) is 1. The maximum absolute atomic E-state index is 11.0. The van der Waals surface area contributed by atoms with E-state index in [4.69, 9.17) is 0 Å². The molecule has 0 bridgehead atoms. The summed E-state index contributed by atoms with van der Waals surface area (Å²) in [5, 5.41) is 3.37. The molecular formula is C10H16BrNOS2. The Labute approximate surface area is 106 Å². The zero-order valence-electron chi connectivity index (χ0n) is 9.17. The van der Waals surface area contributed by atoms with E-state index in [0.717, 1.165) is 6.54 Å². The molecule has 1 N–H and O–H groups in total. The minimum absolute atomic E-state index is 0.303. The van der Waals surface area contributed by atoms with E-state index in [2.05, 4.69) is 41.2 Å². The normalized spacial score (nSPS) is 15.2. The van der Waals surface area contributed by atoms with E-state index in [9.17, 15) is 4.21 Å². The average Bonchev–Trinajstić information content (AvgIpc) is 2.42. The minimum atomic E-state index is -0.721. The minimum Gasteiger partial charge on any atom is -0.308 e. The van der Waals surface area contributed by atoms with Gasteiger partial charge in [-0.15, -0.1) is 11.3 Å². The molecule has 1 rings (SSSR count). The van der Waals surface area contributed by atoms with E-state index >= 15 is 0 Å². The monoisotopic (exact) mass is 309 g/mol. The summed E-state index contributed by atoms with van der Waals surface area (Å²) >= 11 is 5.26. The zero-order valence-corrected chi connectivity index (χ0v) is 12.4. The zero-order chi connectivity index (χ0) is 11.4. The summed E-state index contributed by atoms with van der Waals surface area (Å²) in [6.45, 7) is 5.01. The Morgan fingerprint density at radius 2 is 2.33 bits per heavy atom. The van der Waals surface area contributed by atoms with Gasteiger partial charge in [0.15, 0.2) is 0 Å². The lowest BCUT2D eigenvalue weighted by molar-refractivity contribution is 0.591. The van der Waals surface area contributed by atoms with Gasteiger partial charge in [-0.3, -0.25) is 4.21 Å². The third-order valence-electron chi connectivity index (χ3n) is 2.02. The first kappa shape index (κ1) is 13.4. The molecule has 2 nitrogen and oxygen atoms in total. The van der Waals surface area contributed by atoms with Crippen LogP contribution in [0.5, 0.6) is 0 Å². The van der Waals surface area contributed by atoms with Crippen LogP contribution in [0, 0.1) is 6.92 Å². The molecule has 0 spiro atoms. The van der Waals surface area contributed by atoms with Gasteiger partial charge in [0.2, 0.25) is 0 Å². The first-order valence-electron chi connectivity index (χ1n) is 4.77. The fourth-order valence-electron chi connectivity index (χ4n) is 1.30. The Morgan fingerprint density at radius 3 is 2.80 bits per heavy atom. The molecule has 15 heavy (non-hydrogen) atoms. The lowest BCUT2D eigenvalue weighted by Gasteiger charge is -2.10. The second-order valence-electron chi connectivity index (χ2n) is 3.69. The number of thiophene rings is 1. The van der Waals surface area contributed by atoms with Gasteiger partial charge in [0.1, 0.15) is 0 Å². The van der Waals surface area contributed by atoms with Crippen molar-refractivity contribution in [3.05, 3.63) is 20.3 Å². The molecule has 1 aromatic rings. The molecule has 0 saturated heterocycles. The van der Waals surface area contributed by atoms with Gasteiger partial charge in [-0.1, -0.05) is 0 Å². The van der Waals surface area contributed by atoms with Crippen LogP contribution in [0.4, 0.5) is 0 Å². The summed E-state index contributed by atoms with van der Waals surface area (Å²) in [5.41, 5.74) is 1.28. The van der Waals surface area contributed by atoms with Gasteiger partial charge in [-0.05, 0) is 41.4 Å². The molecule has 1 aromatic heterocycles. The largest absolute Gasteiger partial charge is 0.308 e. The molecule has 0 amide bonds. The van der Waals surface area contributed by atoms with Crippen molar-refractivity contribution in [1.82, 2.24) is 5.32 Å². The maximum Gasteiger partial charge on any atom is 0.0730 e. The number of aryl methyl sites for hydroxylation is 1. The van der Waals surface area contributed by atoms with Crippen molar-refractivity contribution in [3.8, 4) is 0 Å². The van der Waals surface area contributed by atoms with E-state index in [1.165, 1.54) is 14.2 Å². The van der Waals surface area contributed by atoms with Crippen molar-refractivity contribution in [1.29, 1.82) is 0 Å². The van der Waals surface area contributed by atoms with Gasteiger partial charge < -0.3 is 5.32 Å². The van der Waals surface area contributed by atoms with Crippen LogP contribution < -0.4 is 5.32 Å². The van der Waals surface area contributed by atoms with Crippen LogP contribution in [0.1, 0.15) is 17.4 Å². The molecule has 0 aliphatic rings. The number of halogens is 1. The van der Waals surface area contributed by atoms with E-state index < -0.39 is 10.8 Å². The highest BCUT2D eigenvalue weighted by atomic mass is 79.9. The van der Waals surface area contributed by atoms with E-state index in [1.54, 1.807) is 17.6 Å². The third kappa shape index (κ3) is 4.76. The molecule has 5 heteroatoms. The van der Waals surface area contributed by atoms with Gasteiger partial charge in [0, 0.05) is 40.3 Å². The molecule has 0 aromatic carbocycles. The van der Waals surface area contributed by atoms with Crippen LogP contribution in [0.3, 0.4) is 0 Å². The van der Waals surface area contributed by atoms with E-state index in [0.29, 0.717) is 11.8 Å². The molecule has 0 radical (unpaired) electrons. The van der Waals surface area contributed by atoms with Gasteiger partial charge >= 0.3 is 0 Å². The SMILES string of the molecule is Cc1cc(CNC(C)CS(C)=O)sc1Br. The smallest absolute Gasteiger partial charge is 0.0730 e. The molecule has 2 atom stereocenters. The van der Waals surface area contributed by atoms with Crippen molar-refractivity contribution >= 4 is 38.1 Å². The summed E-state index contributed by atoms with van der Waals surface area (Å²) in [6.07, 6.45) is 1.74. The van der Waals surface area contributed by atoms with Crippen LogP contribution in [0.15, 0.2) is 9.85 Å². The Bertz CT molecular complexity index is 332. The van der Waals surface area contributed by atoms with E-state index in [-0.39, 0.29) is 0 Å². The molecule has 0 aliphatic heterocycles. The van der Waals surface area contributed by atoms with Gasteiger partial charge in [-0.2, -0.15) is 0 Å². The maximum atomic E-state index is 11.0. The highest BCUT2D eigenvalue weighted by Gasteiger charge is 2.06. The lowest BCUT2D eigenvalue weighted by atomic mass is 10.3. The standard InChI is InChI=1S/C10H16BrNOS2/c1-7-4-9(14-10(7)11)5-12-8(2)6-15(3)13/h4,8,12H,5-6H2,1-3H3. The molecule has 0 saturated carbocycles. The second kappa shape index (κ2) is 6.13. The van der Waals surface area contributed by atoms with Crippen LogP contribution in [-0.2, 0) is 17.3 Å². The average molecular weight is 310 g/mol. The number of hydrogen-bond acceptors (Lipinski definition) is 3. The summed E-state index contributed by atoms with van der Waals surface area (Å²) in [7, 11) is -0.721. The topological polar surface area (TPSA) is 29.1 Å². The van der Waals surface area contributed by atoms with Crippen LogP contribution in [-0.4, -0.2) is 22.3 Å². The van der Waals surface area contributed by atoms with Gasteiger partial charge in [-0.25, -0.2) is 0 Å². The fourth-order valence-corrected chi connectivity index (χ4v) is 3.70. The third-order valence-corrected chi connectivity index (χ3v) is 5.12.